The van der Waals surface area contributed by atoms with Gasteiger partial charge in [-0.15, -0.1) is 0 Å². The minimum Gasteiger partial charge on any atom is -0.467 e. The van der Waals surface area contributed by atoms with E-state index in [1.165, 1.54) is 0 Å². The molecule has 1 N–H and O–H groups in total. The summed E-state index contributed by atoms with van der Waals surface area (Å²) in [5.74, 6) is 0.288. The highest BCUT2D eigenvalue weighted by Gasteiger charge is 2.34. The van der Waals surface area contributed by atoms with Crippen molar-refractivity contribution in [2.24, 2.45) is 5.92 Å². The Hall–Kier alpha value is -2.56. The van der Waals surface area contributed by atoms with Gasteiger partial charge < -0.3 is 14.6 Å². The van der Waals surface area contributed by atoms with Gasteiger partial charge in [0.15, 0.2) is 0 Å². The van der Waals surface area contributed by atoms with E-state index in [0.717, 1.165) is 11.4 Å². The Balaban J connectivity index is 1.60. The summed E-state index contributed by atoms with van der Waals surface area (Å²) in [5.41, 5.74) is 0.749. The Morgan fingerprint density at radius 3 is 2.76 bits per heavy atom. The Morgan fingerprint density at radius 2 is 2.05 bits per heavy atom. The maximum absolute atomic E-state index is 12.2. The predicted molar refractivity (Wildman–Crippen MR) is 77.3 cm³/mol. The van der Waals surface area contributed by atoms with Crippen LogP contribution in [0.15, 0.2) is 53.1 Å². The van der Waals surface area contributed by atoms with Crippen molar-refractivity contribution in [3.8, 4) is 0 Å². The van der Waals surface area contributed by atoms with Crippen molar-refractivity contribution in [1.82, 2.24) is 4.90 Å². The molecule has 1 aromatic carbocycles. The standard InChI is InChI=1S/C16H16N2O3/c19-15-9-12(10-18(15)11-14-7-4-8-21-14)16(20)17-13-5-2-1-3-6-13/h1-8,12H,9-11H2,(H,17,20)/t12-/m1/s1. The van der Waals surface area contributed by atoms with E-state index in [9.17, 15) is 9.59 Å². The summed E-state index contributed by atoms with van der Waals surface area (Å²) in [5, 5.41) is 2.84. The number of anilines is 1. The van der Waals surface area contributed by atoms with Crippen LogP contribution in [-0.4, -0.2) is 23.3 Å². The Bertz CT molecular complexity index is 622. The lowest BCUT2D eigenvalue weighted by atomic mass is 10.1. The number of furan rings is 1. The van der Waals surface area contributed by atoms with Gasteiger partial charge in [-0.1, -0.05) is 18.2 Å². The molecule has 3 rings (SSSR count). The van der Waals surface area contributed by atoms with Crippen LogP contribution in [0.5, 0.6) is 0 Å². The lowest BCUT2D eigenvalue weighted by Crippen LogP contribution is -2.27. The number of para-hydroxylation sites is 1. The minimum atomic E-state index is -0.312. The number of hydrogen-bond acceptors (Lipinski definition) is 3. The molecule has 0 saturated carbocycles. The van der Waals surface area contributed by atoms with E-state index in [1.54, 1.807) is 17.2 Å². The van der Waals surface area contributed by atoms with Crippen LogP contribution in [0.25, 0.3) is 0 Å². The summed E-state index contributed by atoms with van der Waals surface area (Å²) in [6.45, 7) is 0.846. The minimum absolute atomic E-state index is 0.0142. The first-order valence-corrected chi connectivity index (χ1v) is 6.88. The molecule has 5 heteroatoms. The van der Waals surface area contributed by atoms with Crippen LogP contribution in [0.2, 0.25) is 0 Å². The van der Waals surface area contributed by atoms with Gasteiger partial charge in [-0.3, -0.25) is 9.59 Å². The highest BCUT2D eigenvalue weighted by atomic mass is 16.3. The molecule has 2 heterocycles. The first kappa shape index (κ1) is 13.4. The van der Waals surface area contributed by atoms with Gasteiger partial charge in [-0.25, -0.2) is 0 Å². The second-order valence-corrected chi connectivity index (χ2v) is 5.11. The Morgan fingerprint density at radius 1 is 1.24 bits per heavy atom. The molecule has 21 heavy (non-hydrogen) atoms. The number of benzene rings is 1. The number of amides is 2. The molecule has 0 unspecified atom stereocenters. The van der Waals surface area contributed by atoms with Gasteiger partial charge in [0.25, 0.3) is 0 Å². The molecule has 1 saturated heterocycles. The van der Waals surface area contributed by atoms with Gasteiger partial charge in [-0.2, -0.15) is 0 Å². The van der Waals surface area contributed by atoms with Gasteiger partial charge in [0.1, 0.15) is 5.76 Å². The summed E-state index contributed by atoms with van der Waals surface area (Å²) >= 11 is 0. The fourth-order valence-electron chi connectivity index (χ4n) is 2.46. The topological polar surface area (TPSA) is 62.6 Å². The summed E-state index contributed by atoms with van der Waals surface area (Å²) in [4.78, 5) is 25.8. The number of likely N-dealkylation sites (tertiary alicyclic amines) is 1. The first-order chi connectivity index (χ1) is 10.2. The van der Waals surface area contributed by atoms with E-state index < -0.39 is 0 Å². The van der Waals surface area contributed by atoms with E-state index in [1.807, 2.05) is 36.4 Å². The van der Waals surface area contributed by atoms with Gasteiger partial charge in [-0.05, 0) is 24.3 Å². The molecule has 1 aromatic heterocycles. The molecule has 0 spiro atoms. The molecule has 1 aliphatic rings. The highest BCUT2D eigenvalue weighted by Crippen LogP contribution is 2.22. The van der Waals surface area contributed by atoms with Crippen molar-refractivity contribution >= 4 is 17.5 Å². The fourth-order valence-corrected chi connectivity index (χ4v) is 2.46. The molecule has 1 fully saturated rings. The normalized spacial score (nSPS) is 18.0. The zero-order valence-corrected chi connectivity index (χ0v) is 11.5. The van der Waals surface area contributed by atoms with Gasteiger partial charge in [0.05, 0.1) is 18.7 Å². The maximum atomic E-state index is 12.2. The Kier molecular flexibility index (Phi) is 3.73. The van der Waals surface area contributed by atoms with Crippen LogP contribution in [0.3, 0.4) is 0 Å². The summed E-state index contributed by atoms with van der Waals surface area (Å²) in [7, 11) is 0. The lowest BCUT2D eigenvalue weighted by Gasteiger charge is -2.15. The third-order valence-corrected chi connectivity index (χ3v) is 3.55. The van der Waals surface area contributed by atoms with Crippen molar-refractivity contribution in [2.45, 2.75) is 13.0 Å². The van der Waals surface area contributed by atoms with Gasteiger partial charge >= 0.3 is 0 Å². The summed E-state index contributed by atoms with van der Waals surface area (Å²) < 4.78 is 5.24. The number of carbonyl (C=O) groups is 2. The summed E-state index contributed by atoms with van der Waals surface area (Å²) in [6, 6.07) is 12.9. The zero-order chi connectivity index (χ0) is 14.7. The van der Waals surface area contributed by atoms with Crippen LogP contribution in [0, 0.1) is 5.92 Å². The van der Waals surface area contributed by atoms with Crippen LogP contribution in [-0.2, 0) is 16.1 Å². The molecule has 1 atom stereocenters. The quantitative estimate of drug-likeness (QED) is 0.936. The third-order valence-electron chi connectivity index (χ3n) is 3.55. The smallest absolute Gasteiger partial charge is 0.229 e. The zero-order valence-electron chi connectivity index (χ0n) is 11.5. The second-order valence-electron chi connectivity index (χ2n) is 5.11. The van der Waals surface area contributed by atoms with E-state index in [4.69, 9.17) is 4.42 Å². The highest BCUT2D eigenvalue weighted by molar-refractivity contribution is 5.97. The van der Waals surface area contributed by atoms with Gasteiger partial charge in [0, 0.05) is 18.7 Å². The molecular formula is C16H16N2O3. The molecule has 108 valence electrons. The van der Waals surface area contributed by atoms with E-state index in [-0.39, 0.29) is 24.2 Å². The average molecular weight is 284 g/mol. The van der Waals surface area contributed by atoms with E-state index in [2.05, 4.69) is 5.32 Å². The third kappa shape index (κ3) is 3.13. The van der Waals surface area contributed by atoms with Gasteiger partial charge in [0.2, 0.25) is 11.8 Å². The molecule has 2 aromatic rings. The van der Waals surface area contributed by atoms with Crippen molar-refractivity contribution in [2.75, 3.05) is 11.9 Å². The molecular weight excluding hydrogens is 268 g/mol. The molecule has 2 amide bonds. The number of nitrogens with zero attached hydrogens (tertiary/aromatic N) is 1. The lowest BCUT2D eigenvalue weighted by molar-refractivity contribution is -0.128. The van der Waals surface area contributed by atoms with Crippen molar-refractivity contribution < 1.29 is 14.0 Å². The summed E-state index contributed by atoms with van der Waals surface area (Å²) in [6.07, 6.45) is 1.83. The van der Waals surface area contributed by atoms with Crippen LogP contribution in [0.1, 0.15) is 12.2 Å². The predicted octanol–water partition coefficient (Wildman–Crippen LogP) is 2.27. The van der Waals surface area contributed by atoms with E-state index in [0.29, 0.717) is 13.1 Å². The Labute approximate surface area is 122 Å². The largest absolute Gasteiger partial charge is 0.467 e. The van der Waals surface area contributed by atoms with Crippen LogP contribution in [0.4, 0.5) is 5.69 Å². The van der Waals surface area contributed by atoms with Crippen molar-refractivity contribution in [3.05, 3.63) is 54.5 Å². The molecule has 1 aliphatic heterocycles. The molecule has 0 aliphatic carbocycles. The monoisotopic (exact) mass is 284 g/mol. The maximum Gasteiger partial charge on any atom is 0.229 e. The number of carbonyl (C=O) groups excluding carboxylic acids is 2. The molecule has 0 bridgehead atoms. The fraction of sp³-hybridized carbons (Fsp3) is 0.250. The van der Waals surface area contributed by atoms with E-state index >= 15 is 0 Å². The van der Waals surface area contributed by atoms with Crippen molar-refractivity contribution in [1.29, 1.82) is 0 Å². The SMILES string of the molecule is O=C(Nc1ccccc1)[C@@H]1CC(=O)N(Cc2ccco2)C1. The van der Waals surface area contributed by atoms with Crippen molar-refractivity contribution in [3.63, 3.8) is 0 Å². The number of hydrogen-bond donors (Lipinski definition) is 1. The second kappa shape index (κ2) is 5.83. The first-order valence-electron chi connectivity index (χ1n) is 6.88. The molecule has 0 radical (unpaired) electrons. The average Bonchev–Trinajstić information content (AvgIpc) is 3.11. The van der Waals surface area contributed by atoms with Crippen LogP contribution < -0.4 is 5.32 Å². The number of rotatable bonds is 4. The molecule has 5 nitrogen and oxygen atoms in total. The number of nitrogens with one attached hydrogen (secondary N) is 1. The van der Waals surface area contributed by atoms with Crippen LogP contribution >= 0.6 is 0 Å².